The molecule has 1 fully saturated rings. The summed E-state index contributed by atoms with van der Waals surface area (Å²) >= 11 is 0. The molecule has 172 valence electrons. The maximum absolute atomic E-state index is 13.6. The summed E-state index contributed by atoms with van der Waals surface area (Å²) in [5.74, 6) is 2.35. The molecule has 1 amide bonds. The molecular weight excluding hydrogens is 402 g/mol. The van der Waals surface area contributed by atoms with E-state index in [1.54, 1.807) is 13.4 Å². The number of methoxy groups -OCH3 is 1. The average molecular weight is 438 g/mol. The Hall–Kier alpha value is -2.67. The number of aryl methyl sites for hydroxylation is 1. The number of piperazine rings is 1. The molecule has 2 aromatic rings. The fourth-order valence-electron chi connectivity index (χ4n) is 4.77. The number of aromatic nitrogens is 2. The van der Waals surface area contributed by atoms with Crippen LogP contribution in [-0.4, -0.2) is 66.7 Å². The van der Waals surface area contributed by atoms with Crippen molar-refractivity contribution in [2.75, 3.05) is 44.7 Å². The number of hydrogen-bond acceptors (Lipinski definition) is 6. The molecule has 1 aromatic carbocycles. The summed E-state index contributed by atoms with van der Waals surface area (Å²) < 4.78 is 5.29. The minimum absolute atomic E-state index is 0.184. The second-order valence-electron chi connectivity index (χ2n) is 9.20. The van der Waals surface area contributed by atoms with Crippen molar-refractivity contribution in [1.82, 2.24) is 20.2 Å². The normalized spacial score (nSPS) is 19.2. The van der Waals surface area contributed by atoms with E-state index in [0.717, 1.165) is 43.1 Å². The van der Waals surface area contributed by atoms with E-state index < -0.39 is 0 Å². The van der Waals surface area contributed by atoms with E-state index in [4.69, 9.17) is 4.74 Å². The highest BCUT2D eigenvalue weighted by molar-refractivity contribution is 5.84. The number of hydrogen-bond donors (Lipinski definition) is 1. The highest BCUT2D eigenvalue weighted by atomic mass is 16.5. The Morgan fingerprint density at radius 2 is 1.88 bits per heavy atom. The summed E-state index contributed by atoms with van der Waals surface area (Å²) in [5.41, 5.74) is 3.53. The molecule has 7 nitrogen and oxygen atoms in total. The van der Waals surface area contributed by atoms with Gasteiger partial charge in [0.05, 0.1) is 13.0 Å². The van der Waals surface area contributed by atoms with Gasteiger partial charge in [0.15, 0.2) is 0 Å². The Bertz CT molecular complexity index is 922. The van der Waals surface area contributed by atoms with E-state index >= 15 is 0 Å². The zero-order valence-corrected chi connectivity index (χ0v) is 19.7. The third-order valence-corrected chi connectivity index (χ3v) is 6.69. The first-order valence-electron chi connectivity index (χ1n) is 11.7. The lowest BCUT2D eigenvalue weighted by Crippen LogP contribution is -2.51. The number of carbonyl (C=O) groups is 1. The van der Waals surface area contributed by atoms with Crippen molar-refractivity contribution >= 4 is 11.7 Å². The quantitative estimate of drug-likeness (QED) is 0.718. The van der Waals surface area contributed by atoms with Crippen LogP contribution >= 0.6 is 0 Å². The molecule has 1 aromatic heterocycles. The van der Waals surface area contributed by atoms with E-state index in [0.29, 0.717) is 31.6 Å². The third kappa shape index (κ3) is 4.72. The third-order valence-electron chi connectivity index (χ3n) is 6.69. The molecule has 1 aliphatic carbocycles. The maximum Gasteiger partial charge on any atom is 0.231 e. The molecule has 0 bridgehead atoms. The maximum atomic E-state index is 13.6. The number of anilines is 1. The molecule has 2 aliphatic rings. The summed E-state index contributed by atoms with van der Waals surface area (Å²) in [7, 11) is 1.66. The lowest BCUT2D eigenvalue weighted by atomic mass is 9.96. The zero-order chi connectivity index (χ0) is 22.7. The summed E-state index contributed by atoms with van der Waals surface area (Å²) in [6, 6.07) is 8.19. The Kier molecular flexibility index (Phi) is 6.94. The van der Waals surface area contributed by atoms with E-state index in [1.807, 2.05) is 29.2 Å². The van der Waals surface area contributed by atoms with Crippen molar-refractivity contribution in [2.45, 2.75) is 51.5 Å². The number of ether oxygens (including phenoxy) is 1. The number of benzene rings is 1. The van der Waals surface area contributed by atoms with Gasteiger partial charge in [0.25, 0.3) is 0 Å². The first kappa shape index (κ1) is 22.5. The molecule has 1 saturated heterocycles. The van der Waals surface area contributed by atoms with Gasteiger partial charge in [-0.05, 0) is 36.5 Å². The molecule has 0 unspecified atom stereocenters. The van der Waals surface area contributed by atoms with Crippen LogP contribution in [0.25, 0.3) is 0 Å². The number of nitrogens with one attached hydrogen (secondary N) is 1. The summed E-state index contributed by atoms with van der Waals surface area (Å²) in [4.78, 5) is 27.0. The van der Waals surface area contributed by atoms with Gasteiger partial charge in [-0.3, -0.25) is 4.79 Å². The van der Waals surface area contributed by atoms with Crippen LogP contribution < -0.4 is 15.0 Å². The first-order chi connectivity index (χ1) is 15.5. The van der Waals surface area contributed by atoms with Gasteiger partial charge in [-0.2, -0.15) is 0 Å². The zero-order valence-electron chi connectivity index (χ0n) is 19.7. The van der Waals surface area contributed by atoms with E-state index in [9.17, 15) is 4.79 Å². The molecule has 0 spiro atoms. The highest BCUT2D eigenvalue weighted by Gasteiger charge is 2.32. The topological polar surface area (TPSA) is 70.6 Å². The Balaban J connectivity index is 1.46. The van der Waals surface area contributed by atoms with Crippen LogP contribution in [0.5, 0.6) is 5.75 Å². The first-order valence-corrected chi connectivity index (χ1v) is 11.7. The van der Waals surface area contributed by atoms with Crippen molar-refractivity contribution in [1.29, 1.82) is 0 Å². The van der Waals surface area contributed by atoms with E-state index in [2.05, 4.69) is 41.0 Å². The average Bonchev–Trinajstić information content (AvgIpc) is 3.20. The van der Waals surface area contributed by atoms with Gasteiger partial charge in [-0.1, -0.05) is 32.9 Å². The van der Waals surface area contributed by atoms with Gasteiger partial charge in [0.1, 0.15) is 17.9 Å². The second-order valence-corrected chi connectivity index (χ2v) is 9.20. The minimum atomic E-state index is -0.210. The van der Waals surface area contributed by atoms with Crippen molar-refractivity contribution < 1.29 is 9.53 Å². The second kappa shape index (κ2) is 9.86. The van der Waals surface area contributed by atoms with Crippen LogP contribution in [0.4, 0.5) is 5.82 Å². The Labute approximate surface area is 191 Å². The van der Waals surface area contributed by atoms with Gasteiger partial charge in [-0.15, -0.1) is 0 Å². The van der Waals surface area contributed by atoms with Gasteiger partial charge in [0.2, 0.25) is 5.91 Å². The summed E-state index contributed by atoms with van der Waals surface area (Å²) in [6.07, 6.45) is 3.88. The predicted molar refractivity (Wildman–Crippen MR) is 126 cm³/mol. The van der Waals surface area contributed by atoms with E-state index in [-0.39, 0.29) is 11.8 Å². The molecule has 32 heavy (non-hydrogen) atoms. The van der Waals surface area contributed by atoms with Crippen molar-refractivity contribution in [3.63, 3.8) is 0 Å². The SMILES string of the molecule is COc1ccc([C@H](CNC(C)C)C(=O)N2CCN(c3ncnc4c3[C@H](C)CC4)CC2)cc1. The van der Waals surface area contributed by atoms with Crippen LogP contribution in [0.1, 0.15) is 55.8 Å². The van der Waals surface area contributed by atoms with Crippen LogP contribution in [0, 0.1) is 0 Å². The fraction of sp³-hybridized carbons (Fsp3) is 0.560. The largest absolute Gasteiger partial charge is 0.497 e. The van der Waals surface area contributed by atoms with Gasteiger partial charge in [0, 0.05) is 50.0 Å². The van der Waals surface area contributed by atoms with Crippen LogP contribution in [0.2, 0.25) is 0 Å². The number of carbonyl (C=O) groups excluding carboxylic acids is 1. The van der Waals surface area contributed by atoms with E-state index in [1.165, 1.54) is 11.3 Å². The fourth-order valence-corrected chi connectivity index (χ4v) is 4.77. The molecule has 4 rings (SSSR count). The Morgan fingerprint density at radius 3 is 2.53 bits per heavy atom. The Morgan fingerprint density at radius 1 is 1.16 bits per heavy atom. The molecule has 1 aliphatic heterocycles. The smallest absolute Gasteiger partial charge is 0.231 e. The van der Waals surface area contributed by atoms with Crippen molar-refractivity contribution in [3.05, 3.63) is 47.4 Å². The standard InChI is InChI=1S/C25H35N5O2/c1-17(2)26-15-21(19-6-8-20(32-4)9-7-19)25(31)30-13-11-29(12-14-30)24-23-18(3)5-10-22(23)27-16-28-24/h6-9,16-18,21,26H,5,10-15H2,1-4H3/t18-,21+/m1/s1. The molecule has 7 heteroatoms. The van der Waals surface area contributed by atoms with Crippen molar-refractivity contribution in [3.8, 4) is 5.75 Å². The van der Waals surface area contributed by atoms with Crippen LogP contribution in [0.15, 0.2) is 30.6 Å². The number of rotatable bonds is 7. The molecule has 2 heterocycles. The van der Waals surface area contributed by atoms with Gasteiger partial charge >= 0.3 is 0 Å². The monoisotopic (exact) mass is 437 g/mol. The number of amides is 1. The summed E-state index contributed by atoms with van der Waals surface area (Å²) in [5, 5.41) is 3.45. The lowest BCUT2D eigenvalue weighted by Gasteiger charge is -2.38. The predicted octanol–water partition coefficient (Wildman–Crippen LogP) is 2.97. The molecule has 1 N–H and O–H groups in total. The number of fused-ring (bicyclic) bond motifs is 1. The van der Waals surface area contributed by atoms with Crippen LogP contribution in [0.3, 0.4) is 0 Å². The van der Waals surface area contributed by atoms with Gasteiger partial charge < -0.3 is 19.9 Å². The molecule has 0 saturated carbocycles. The van der Waals surface area contributed by atoms with Crippen molar-refractivity contribution in [2.24, 2.45) is 0 Å². The lowest BCUT2D eigenvalue weighted by molar-refractivity contribution is -0.133. The highest BCUT2D eigenvalue weighted by Crippen LogP contribution is 2.37. The molecule has 2 atom stereocenters. The minimum Gasteiger partial charge on any atom is -0.497 e. The number of nitrogens with zero attached hydrogens (tertiary/aromatic N) is 4. The van der Waals surface area contributed by atoms with Gasteiger partial charge in [-0.25, -0.2) is 9.97 Å². The molecule has 0 radical (unpaired) electrons. The van der Waals surface area contributed by atoms with Crippen LogP contribution in [-0.2, 0) is 11.2 Å². The molecular formula is C25H35N5O2. The summed E-state index contributed by atoms with van der Waals surface area (Å²) in [6.45, 7) is 10.1.